The van der Waals surface area contributed by atoms with Crippen molar-refractivity contribution in [3.8, 4) is 0 Å². The van der Waals surface area contributed by atoms with Crippen LogP contribution in [-0.4, -0.2) is 22.1 Å². The second-order valence-corrected chi connectivity index (χ2v) is 7.56. The summed E-state index contributed by atoms with van der Waals surface area (Å²) in [4.78, 5) is 15.2. The van der Waals surface area contributed by atoms with Crippen molar-refractivity contribution in [1.82, 2.24) is 10.3 Å². The van der Waals surface area contributed by atoms with Crippen LogP contribution in [0.2, 0.25) is 0 Å². The van der Waals surface area contributed by atoms with E-state index in [1.165, 1.54) is 43.9 Å². The Balaban J connectivity index is 1.48. The van der Waals surface area contributed by atoms with Crippen molar-refractivity contribution >= 4 is 16.9 Å². The minimum Gasteiger partial charge on any atom is -0.480 e. The topological polar surface area (TPSA) is 65.1 Å². The number of aromatic amines is 1. The standard InChI is InChI=1S/C20H26N2O2/c23-20(24)19(18(15-3-1-4-15)16-5-2-6-16)22-12-13-7-8-14-9-10-21-17(14)11-13/h7-11,15-16,18-19,21-22H,1-6,12H2,(H,23,24). The average Bonchev–Trinajstić information content (AvgIpc) is 2.90. The van der Waals surface area contributed by atoms with Crippen molar-refractivity contribution in [3.63, 3.8) is 0 Å². The second-order valence-electron chi connectivity index (χ2n) is 7.56. The van der Waals surface area contributed by atoms with Gasteiger partial charge in [0.25, 0.3) is 0 Å². The summed E-state index contributed by atoms with van der Waals surface area (Å²) in [6.07, 6.45) is 9.31. The van der Waals surface area contributed by atoms with Crippen LogP contribution >= 0.6 is 0 Å². The number of aliphatic carboxylic acids is 1. The smallest absolute Gasteiger partial charge is 0.321 e. The lowest BCUT2D eigenvalue weighted by molar-refractivity contribution is -0.143. The Hall–Kier alpha value is -1.81. The minimum atomic E-state index is -0.681. The highest BCUT2D eigenvalue weighted by atomic mass is 16.4. The van der Waals surface area contributed by atoms with Crippen LogP contribution < -0.4 is 5.32 Å². The van der Waals surface area contributed by atoms with Crippen LogP contribution in [0.25, 0.3) is 10.9 Å². The molecule has 3 N–H and O–H groups in total. The molecule has 0 radical (unpaired) electrons. The van der Waals surface area contributed by atoms with Gasteiger partial charge in [-0.25, -0.2) is 0 Å². The highest BCUT2D eigenvalue weighted by Gasteiger charge is 2.43. The van der Waals surface area contributed by atoms with Crippen LogP contribution in [-0.2, 0) is 11.3 Å². The number of carbonyl (C=O) groups is 1. The van der Waals surface area contributed by atoms with E-state index in [0.29, 0.717) is 24.3 Å². The number of carboxylic acids is 1. The van der Waals surface area contributed by atoms with E-state index in [1.54, 1.807) is 0 Å². The predicted molar refractivity (Wildman–Crippen MR) is 94.7 cm³/mol. The summed E-state index contributed by atoms with van der Waals surface area (Å²) in [5.74, 6) is 0.837. The van der Waals surface area contributed by atoms with Crippen LogP contribution in [0, 0.1) is 17.8 Å². The highest BCUT2D eigenvalue weighted by molar-refractivity contribution is 5.80. The quantitative estimate of drug-likeness (QED) is 0.722. The summed E-state index contributed by atoms with van der Waals surface area (Å²) in [7, 11) is 0. The molecule has 4 nitrogen and oxygen atoms in total. The molecule has 1 heterocycles. The molecule has 1 aromatic heterocycles. The van der Waals surface area contributed by atoms with Crippen molar-refractivity contribution < 1.29 is 9.90 Å². The van der Waals surface area contributed by atoms with Gasteiger partial charge in [-0.15, -0.1) is 0 Å². The summed E-state index contributed by atoms with van der Waals surface area (Å²) in [5.41, 5.74) is 2.24. The highest BCUT2D eigenvalue weighted by Crippen LogP contribution is 2.46. The molecule has 4 heteroatoms. The summed E-state index contributed by atoms with van der Waals surface area (Å²) < 4.78 is 0. The van der Waals surface area contributed by atoms with E-state index in [1.807, 2.05) is 6.20 Å². The number of hydrogen-bond donors (Lipinski definition) is 3. The predicted octanol–water partition coefficient (Wildman–Crippen LogP) is 3.93. The van der Waals surface area contributed by atoms with Gasteiger partial charge in [0.1, 0.15) is 6.04 Å². The van der Waals surface area contributed by atoms with Crippen molar-refractivity contribution in [3.05, 3.63) is 36.0 Å². The molecule has 2 saturated carbocycles. The molecule has 2 aromatic rings. The molecule has 1 atom stereocenters. The Morgan fingerprint density at radius 2 is 1.88 bits per heavy atom. The minimum absolute atomic E-state index is 0.305. The maximum absolute atomic E-state index is 12.0. The number of H-pyrrole nitrogens is 1. The van der Waals surface area contributed by atoms with Gasteiger partial charge in [0.2, 0.25) is 0 Å². The number of fused-ring (bicyclic) bond motifs is 1. The molecule has 0 saturated heterocycles. The number of hydrogen-bond acceptors (Lipinski definition) is 2. The molecule has 2 fully saturated rings. The molecule has 1 aromatic carbocycles. The lowest BCUT2D eigenvalue weighted by atomic mass is 9.62. The molecule has 2 aliphatic carbocycles. The molecule has 4 rings (SSSR count). The van der Waals surface area contributed by atoms with Gasteiger partial charge in [-0.2, -0.15) is 0 Å². The van der Waals surface area contributed by atoms with E-state index in [9.17, 15) is 9.90 Å². The summed E-state index contributed by atoms with van der Waals surface area (Å²) >= 11 is 0. The molecular weight excluding hydrogens is 300 g/mol. The first kappa shape index (κ1) is 15.7. The van der Waals surface area contributed by atoms with Crippen LogP contribution in [0.3, 0.4) is 0 Å². The summed E-state index contributed by atoms with van der Waals surface area (Å²) in [6.45, 7) is 0.613. The first-order valence-electron chi connectivity index (χ1n) is 9.24. The normalized spacial score (nSPS) is 20.0. The van der Waals surface area contributed by atoms with Gasteiger partial charge in [-0.1, -0.05) is 50.7 Å². The van der Waals surface area contributed by atoms with Gasteiger partial charge in [-0.05, 0) is 40.8 Å². The number of rotatable bonds is 7. The van der Waals surface area contributed by atoms with Crippen molar-refractivity contribution in [2.45, 2.75) is 51.1 Å². The second kappa shape index (κ2) is 6.60. The third kappa shape index (κ3) is 2.95. The third-order valence-corrected chi connectivity index (χ3v) is 6.18. The first-order chi connectivity index (χ1) is 11.7. The maximum Gasteiger partial charge on any atom is 0.321 e. The maximum atomic E-state index is 12.0. The van der Waals surface area contributed by atoms with Gasteiger partial charge in [0.15, 0.2) is 0 Å². The van der Waals surface area contributed by atoms with E-state index in [2.05, 4.69) is 34.6 Å². The molecule has 0 spiro atoms. The molecule has 24 heavy (non-hydrogen) atoms. The zero-order chi connectivity index (χ0) is 16.5. The van der Waals surface area contributed by atoms with E-state index in [4.69, 9.17) is 0 Å². The molecule has 2 aliphatic rings. The van der Waals surface area contributed by atoms with Crippen LogP contribution in [0.15, 0.2) is 30.5 Å². The fraction of sp³-hybridized carbons (Fsp3) is 0.550. The van der Waals surface area contributed by atoms with Gasteiger partial charge in [0, 0.05) is 18.3 Å². The lowest BCUT2D eigenvalue weighted by Gasteiger charge is -2.45. The Labute approximate surface area is 142 Å². The van der Waals surface area contributed by atoms with Crippen molar-refractivity contribution in [2.24, 2.45) is 17.8 Å². The number of benzene rings is 1. The van der Waals surface area contributed by atoms with Crippen LogP contribution in [0.5, 0.6) is 0 Å². The molecule has 0 amide bonds. The monoisotopic (exact) mass is 326 g/mol. The molecule has 0 aliphatic heterocycles. The molecule has 0 bridgehead atoms. The first-order valence-corrected chi connectivity index (χ1v) is 9.24. The van der Waals surface area contributed by atoms with Gasteiger partial charge >= 0.3 is 5.97 Å². The third-order valence-electron chi connectivity index (χ3n) is 6.18. The number of carboxylic acid groups (broad SMARTS) is 1. The van der Waals surface area contributed by atoms with E-state index >= 15 is 0 Å². The summed E-state index contributed by atoms with van der Waals surface area (Å²) in [6, 6.07) is 7.93. The fourth-order valence-corrected chi connectivity index (χ4v) is 4.40. The lowest BCUT2D eigenvalue weighted by Crippen LogP contribution is -2.50. The Morgan fingerprint density at radius 3 is 2.46 bits per heavy atom. The van der Waals surface area contributed by atoms with Crippen LogP contribution in [0.4, 0.5) is 0 Å². The van der Waals surface area contributed by atoms with Gasteiger partial charge in [-0.3, -0.25) is 4.79 Å². The van der Waals surface area contributed by atoms with E-state index in [0.717, 1.165) is 11.1 Å². The van der Waals surface area contributed by atoms with Crippen LogP contribution in [0.1, 0.15) is 44.1 Å². The largest absolute Gasteiger partial charge is 0.480 e. The van der Waals surface area contributed by atoms with Gasteiger partial charge in [0.05, 0.1) is 0 Å². The zero-order valence-corrected chi connectivity index (χ0v) is 14.0. The van der Waals surface area contributed by atoms with Crippen molar-refractivity contribution in [2.75, 3.05) is 0 Å². The van der Waals surface area contributed by atoms with E-state index in [-0.39, 0.29) is 0 Å². The Kier molecular flexibility index (Phi) is 4.31. The molecule has 128 valence electrons. The molecular formula is C20H26N2O2. The number of aromatic nitrogens is 1. The Morgan fingerprint density at radius 1 is 1.17 bits per heavy atom. The summed E-state index contributed by atoms with van der Waals surface area (Å²) in [5, 5.41) is 14.4. The van der Waals surface area contributed by atoms with Gasteiger partial charge < -0.3 is 15.4 Å². The fourth-order valence-electron chi connectivity index (χ4n) is 4.40. The zero-order valence-electron chi connectivity index (χ0n) is 14.0. The van der Waals surface area contributed by atoms with E-state index < -0.39 is 12.0 Å². The Bertz CT molecular complexity index is 701. The van der Waals surface area contributed by atoms with Crippen molar-refractivity contribution in [1.29, 1.82) is 0 Å². The SMILES string of the molecule is O=C(O)C(NCc1ccc2cc[nH]c2c1)C(C1CCC1)C1CCC1. The number of nitrogens with one attached hydrogen (secondary N) is 2. The average molecular weight is 326 g/mol. The molecule has 1 unspecified atom stereocenters.